The monoisotopic (exact) mass is 132 g/mol. The minimum Gasteiger partial charge on any atom is -0.344 e. The quantitative estimate of drug-likeness (QED) is 0.360. The average Bonchev–Trinajstić information content (AvgIpc) is 0. The molecule has 0 radical (unpaired) electrons. The SMILES string of the molecule is N.N.N.N.[Zn+2]. The molecule has 0 aliphatic rings. The van der Waals surface area contributed by atoms with E-state index < -0.39 is 0 Å². The fraction of sp³-hybridized carbons (Fsp3) is 0. The Bertz CT molecular complexity index is 3.61. The van der Waals surface area contributed by atoms with Crippen LogP contribution in [0.5, 0.6) is 0 Å². The van der Waals surface area contributed by atoms with Gasteiger partial charge in [0.25, 0.3) is 0 Å². The Morgan fingerprint density at radius 3 is 0.400 bits per heavy atom. The molecule has 0 heterocycles. The van der Waals surface area contributed by atoms with Gasteiger partial charge in [-0.1, -0.05) is 0 Å². The normalized spacial score (nSPS) is 0. The molecule has 0 aromatic carbocycles. The number of rotatable bonds is 0. The van der Waals surface area contributed by atoms with Crippen molar-refractivity contribution in [1.29, 1.82) is 0 Å². The average molecular weight is 134 g/mol. The summed E-state index contributed by atoms with van der Waals surface area (Å²) in [7, 11) is 0. The molecule has 0 rings (SSSR count). The van der Waals surface area contributed by atoms with E-state index in [0.717, 1.165) is 0 Å². The van der Waals surface area contributed by atoms with Crippen molar-refractivity contribution in [2.75, 3.05) is 0 Å². The zero-order valence-electron chi connectivity index (χ0n) is 3.54. The summed E-state index contributed by atoms with van der Waals surface area (Å²) < 4.78 is 0. The van der Waals surface area contributed by atoms with E-state index in [1.54, 1.807) is 0 Å². The molecule has 0 aromatic heterocycles. The number of hydrogen-bond donors (Lipinski definition) is 4. The summed E-state index contributed by atoms with van der Waals surface area (Å²) in [4.78, 5) is 0. The molecule has 5 heavy (non-hydrogen) atoms. The van der Waals surface area contributed by atoms with E-state index in [0.29, 0.717) is 0 Å². The minimum absolute atomic E-state index is 0. The summed E-state index contributed by atoms with van der Waals surface area (Å²) in [6.45, 7) is 0. The molecular formula is H12N4Zn+2. The Balaban J connectivity index is 0. The van der Waals surface area contributed by atoms with E-state index >= 15 is 0 Å². The molecule has 0 amide bonds. The largest absolute Gasteiger partial charge is 2.00 e. The van der Waals surface area contributed by atoms with Gasteiger partial charge in [0.05, 0.1) is 0 Å². The number of hydrogen-bond acceptors (Lipinski definition) is 4. The molecule has 5 heteroatoms. The maximum Gasteiger partial charge on any atom is 2.00 e. The topological polar surface area (TPSA) is 140 Å². The molecule has 0 bridgehead atoms. The van der Waals surface area contributed by atoms with E-state index in [-0.39, 0.29) is 44.1 Å². The van der Waals surface area contributed by atoms with Crippen molar-refractivity contribution in [3.05, 3.63) is 0 Å². The second-order valence-corrected chi connectivity index (χ2v) is 0. The third-order valence-electron chi connectivity index (χ3n) is 0. The van der Waals surface area contributed by atoms with Crippen LogP contribution in [-0.4, -0.2) is 0 Å². The smallest absolute Gasteiger partial charge is 0.344 e. The first-order valence-corrected chi connectivity index (χ1v) is 0. The Kier molecular flexibility index (Phi) is 25300. The first kappa shape index (κ1) is 507. The molecule has 0 unspecified atom stereocenters. The molecule has 32 valence electrons. The predicted octanol–water partition coefficient (Wildman–Crippen LogP) is 0.645. The van der Waals surface area contributed by atoms with Gasteiger partial charge in [-0.15, -0.1) is 0 Å². The van der Waals surface area contributed by atoms with Crippen LogP contribution >= 0.6 is 0 Å². The van der Waals surface area contributed by atoms with Gasteiger partial charge in [-0.05, 0) is 0 Å². The predicted molar refractivity (Wildman–Crippen MR) is 20.1 cm³/mol. The Morgan fingerprint density at radius 2 is 0.400 bits per heavy atom. The molecule has 4 nitrogen and oxygen atoms in total. The van der Waals surface area contributed by atoms with Crippen LogP contribution in [0.15, 0.2) is 0 Å². The van der Waals surface area contributed by atoms with Crippen LogP contribution in [0.4, 0.5) is 0 Å². The van der Waals surface area contributed by atoms with E-state index in [1.807, 2.05) is 0 Å². The van der Waals surface area contributed by atoms with Gasteiger partial charge in [0.15, 0.2) is 0 Å². The van der Waals surface area contributed by atoms with Gasteiger partial charge >= 0.3 is 19.5 Å². The van der Waals surface area contributed by atoms with Crippen LogP contribution in [0, 0.1) is 0 Å². The van der Waals surface area contributed by atoms with Gasteiger partial charge in [0.1, 0.15) is 0 Å². The summed E-state index contributed by atoms with van der Waals surface area (Å²) in [5.74, 6) is 0. The molecule has 0 aliphatic carbocycles. The van der Waals surface area contributed by atoms with Gasteiger partial charge in [-0.25, -0.2) is 0 Å². The maximum absolute atomic E-state index is 0. The first-order valence-electron chi connectivity index (χ1n) is 0. The molecular weight excluding hydrogens is 121 g/mol. The molecule has 0 aromatic rings. The van der Waals surface area contributed by atoms with E-state index in [2.05, 4.69) is 0 Å². The van der Waals surface area contributed by atoms with Crippen molar-refractivity contribution in [3.63, 3.8) is 0 Å². The molecule has 0 atom stereocenters. The Morgan fingerprint density at radius 1 is 0.400 bits per heavy atom. The standard InChI is InChI=1S/4H3N.Zn/h4*1H3;/q;;;;+2. The zero-order valence-corrected chi connectivity index (χ0v) is 6.50. The second-order valence-electron chi connectivity index (χ2n) is 0. The summed E-state index contributed by atoms with van der Waals surface area (Å²) >= 11 is 0. The first-order chi connectivity index (χ1) is 0. The molecule has 0 saturated carbocycles. The van der Waals surface area contributed by atoms with E-state index in [4.69, 9.17) is 0 Å². The minimum atomic E-state index is 0. The van der Waals surface area contributed by atoms with E-state index in [9.17, 15) is 0 Å². The van der Waals surface area contributed by atoms with Crippen molar-refractivity contribution in [1.82, 2.24) is 24.6 Å². The molecule has 12 N–H and O–H groups in total. The zero-order chi connectivity index (χ0) is 0. The van der Waals surface area contributed by atoms with Crippen LogP contribution in [0.3, 0.4) is 0 Å². The van der Waals surface area contributed by atoms with Crippen molar-refractivity contribution in [3.8, 4) is 0 Å². The van der Waals surface area contributed by atoms with Gasteiger partial charge in [0.2, 0.25) is 0 Å². The molecule has 0 saturated heterocycles. The van der Waals surface area contributed by atoms with Crippen molar-refractivity contribution < 1.29 is 19.5 Å². The molecule has 0 spiro atoms. The van der Waals surface area contributed by atoms with Gasteiger partial charge in [0, 0.05) is 0 Å². The third-order valence-corrected chi connectivity index (χ3v) is 0. The Labute approximate surface area is 44.8 Å². The Hall–Kier alpha value is 0.463. The summed E-state index contributed by atoms with van der Waals surface area (Å²) in [5, 5.41) is 0. The summed E-state index contributed by atoms with van der Waals surface area (Å²) in [6, 6.07) is 0. The summed E-state index contributed by atoms with van der Waals surface area (Å²) in [5.41, 5.74) is 0. The van der Waals surface area contributed by atoms with Gasteiger partial charge < -0.3 is 24.6 Å². The fourth-order valence-electron chi connectivity index (χ4n) is 0. The van der Waals surface area contributed by atoms with Crippen molar-refractivity contribution in [2.45, 2.75) is 0 Å². The van der Waals surface area contributed by atoms with Crippen LogP contribution in [0.2, 0.25) is 0 Å². The van der Waals surface area contributed by atoms with Crippen LogP contribution < -0.4 is 24.6 Å². The molecule has 0 aliphatic heterocycles. The summed E-state index contributed by atoms with van der Waals surface area (Å²) in [6.07, 6.45) is 0. The maximum atomic E-state index is 0. The van der Waals surface area contributed by atoms with E-state index in [1.165, 1.54) is 0 Å². The molecule has 0 fully saturated rings. The fourth-order valence-corrected chi connectivity index (χ4v) is 0. The van der Waals surface area contributed by atoms with Crippen LogP contribution in [-0.2, 0) is 19.5 Å². The van der Waals surface area contributed by atoms with Crippen molar-refractivity contribution in [2.24, 2.45) is 0 Å². The third kappa shape index (κ3) is 126. The van der Waals surface area contributed by atoms with Crippen LogP contribution in [0.1, 0.15) is 0 Å². The van der Waals surface area contributed by atoms with Crippen LogP contribution in [0.25, 0.3) is 0 Å². The van der Waals surface area contributed by atoms with Gasteiger partial charge in [-0.3, -0.25) is 0 Å². The second kappa shape index (κ2) is 249. The van der Waals surface area contributed by atoms with Gasteiger partial charge in [-0.2, -0.15) is 0 Å². The van der Waals surface area contributed by atoms with Crippen molar-refractivity contribution >= 4 is 0 Å².